The van der Waals surface area contributed by atoms with E-state index in [0.717, 1.165) is 11.6 Å². The number of amides is 1. The highest BCUT2D eigenvalue weighted by molar-refractivity contribution is 5.79. The Labute approximate surface area is 162 Å². The normalized spacial score (nSPS) is 20.0. The topological polar surface area (TPSA) is 32.3 Å². The minimum atomic E-state index is -0.620. The Morgan fingerprint density at radius 1 is 1.11 bits per heavy atom. The third-order valence-corrected chi connectivity index (χ3v) is 5.07. The highest BCUT2D eigenvalue weighted by atomic mass is 19.1. The summed E-state index contributed by atoms with van der Waals surface area (Å²) in [4.78, 5) is 14.5. The summed E-state index contributed by atoms with van der Waals surface area (Å²) in [5.74, 6) is -1.90. The van der Waals surface area contributed by atoms with Gasteiger partial charge in [-0.3, -0.25) is 9.69 Å². The van der Waals surface area contributed by atoms with E-state index in [1.165, 1.54) is 24.3 Å². The van der Waals surface area contributed by atoms with E-state index in [0.29, 0.717) is 31.6 Å². The van der Waals surface area contributed by atoms with Crippen LogP contribution < -0.4 is 5.32 Å². The zero-order valence-corrected chi connectivity index (χ0v) is 15.5. The molecule has 2 atom stereocenters. The van der Waals surface area contributed by atoms with Gasteiger partial charge in [0.25, 0.3) is 0 Å². The van der Waals surface area contributed by atoms with E-state index in [1.807, 2.05) is 4.90 Å². The lowest BCUT2D eigenvalue weighted by molar-refractivity contribution is -0.126. The number of nitrogens with zero attached hydrogens (tertiary/aromatic N) is 1. The van der Waals surface area contributed by atoms with Crippen molar-refractivity contribution in [1.29, 1.82) is 0 Å². The molecule has 0 bridgehead atoms. The molecule has 0 aliphatic carbocycles. The lowest BCUT2D eigenvalue weighted by Crippen LogP contribution is -2.45. The number of nitrogens with one attached hydrogen (secondary N) is 1. The summed E-state index contributed by atoms with van der Waals surface area (Å²) in [5.41, 5.74) is 1.32. The lowest BCUT2D eigenvalue weighted by atomic mass is 9.84. The van der Waals surface area contributed by atoms with Gasteiger partial charge in [-0.15, -0.1) is 6.58 Å². The highest BCUT2D eigenvalue weighted by Gasteiger charge is 2.32. The van der Waals surface area contributed by atoms with E-state index in [4.69, 9.17) is 0 Å². The first-order valence-electron chi connectivity index (χ1n) is 9.26. The number of hydrogen-bond donors (Lipinski definition) is 1. The van der Waals surface area contributed by atoms with Crippen LogP contribution in [0.4, 0.5) is 13.2 Å². The number of hydrogen-bond acceptors (Lipinski definition) is 2. The first-order chi connectivity index (χ1) is 13.5. The van der Waals surface area contributed by atoms with Gasteiger partial charge in [0.15, 0.2) is 0 Å². The van der Waals surface area contributed by atoms with Gasteiger partial charge in [-0.25, -0.2) is 13.2 Å². The second-order valence-electron chi connectivity index (χ2n) is 7.14. The monoisotopic (exact) mass is 388 g/mol. The molecule has 0 spiro atoms. The van der Waals surface area contributed by atoms with Crippen molar-refractivity contribution >= 4 is 5.91 Å². The molecule has 1 N–H and O–H groups in total. The van der Waals surface area contributed by atoms with Crippen molar-refractivity contribution in [3.05, 3.63) is 83.7 Å². The molecule has 6 heteroatoms. The number of likely N-dealkylation sites (tertiary alicyclic amines) is 1. The zero-order chi connectivity index (χ0) is 20.1. The van der Waals surface area contributed by atoms with Gasteiger partial charge in [0, 0.05) is 37.8 Å². The van der Waals surface area contributed by atoms with Crippen molar-refractivity contribution < 1.29 is 18.0 Å². The number of rotatable bonds is 6. The summed E-state index contributed by atoms with van der Waals surface area (Å²) in [6, 6.07) is 9.78. The number of carbonyl (C=O) groups excluding carboxylic acids is 1. The molecule has 0 aromatic heterocycles. The molecule has 3 nitrogen and oxygen atoms in total. The van der Waals surface area contributed by atoms with Crippen molar-refractivity contribution in [3.63, 3.8) is 0 Å². The Hall–Kier alpha value is -2.60. The molecule has 3 rings (SSSR count). The summed E-state index contributed by atoms with van der Waals surface area (Å²) < 4.78 is 40.6. The van der Waals surface area contributed by atoms with Gasteiger partial charge >= 0.3 is 0 Å². The average Bonchev–Trinajstić information content (AvgIpc) is 2.68. The Balaban J connectivity index is 1.80. The van der Waals surface area contributed by atoms with Crippen LogP contribution in [0, 0.1) is 23.4 Å². The molecule has 28 heavy (non-hydrogen) atoms. The minimum absolute atomic E-state index is 0.0114. The van der Waals surface area contributed by atoms with Gasteiger partial charge < -0.3 is 5.32 Å². The molecule has 1 saturated heterocycles. The van der Waals surface area contributed by atoms with Crippen LogP contribution >= 0.6 is 0 Å². The molecule has 0 saturated carbocycles. The van der Waals surface area contributed by atoms with Crippen LogP contribution in [-0.2, 0) is 11.3 Å². The van der Waals surface area contributed by atoms with Crippen molar-refractivity contribution in [1.82, 2.24) is 10.2 Å². The summed E-state index contributed by atoms with van der Waals surface area (Å²) in [5, 5.41) is 2.82. The number of carbonyl (C=O) groups is 1. The molecular weight excluding hydrogens is 365 g/mol. The third-order valence-electron chi connectivity index (χ3n) is 5.07. The van der Waals surface area contributed by atoms with Gasteiger partial charge in [0.05, 0.1) is 5.92 Å². The van der Waals surface area contributed by atoms with Crippen LogP contribution in [0.2, 0.25) is 0 Å². The molecule has 2 aromatic rings. The van der Waals surface area contributed by atoms with Crippen LogP contribution in [0.15, 0.2) is 55.1 Å². The van der Waals surface area contributed by atoms with Crippen molar-refractivity contribution in [2.45, 2.75) is 18.9 Å². The summed E-state index contributed by atoms with van der Waals surface area (Å²) in [6.07, 6.45) is 2.24. The molecule has 1 aliphatic rings. The zero-order valence-electron chi connectivity index (χ0n) is 15.5. The smallest absolute Gasteiger partial charge is 0.224 e. The van der Waals surface area contributed by atoms with Crippen molar-refractivity contribution in [3.8, 4) is 0 Å². The quantitative estimate of drug-likeness (QED) is 0.759. The maximum atomic E-state index is 14.1. The maximum Gasteiger partial charge on any atom is 0.224 e. The van der Waals surface area contributed by atoms with E-state index in [-0.39, 0.29) is 30.1 Å². The summed E-state index contributed by atoms with van der Waals surface area (Å²) >= 11 is 0. The molecule has 1 amide bonds. The Morgan fingerprint density at radius 3 is 2.50 bits per heavy atom. The van der Waals surface area contributed by atoms with Crippen LogP contribution in [0.25, 0.3) is 0 Å². The Bertz CT molecular complexity index is 838. The van der Waals surface area contributed by atoms with Crippen LogP contribution in [0.3, 0.4) is 0 Å². The molecule has 2 unspecified atom stereocenters. The fraction of sp³-hybridized carbons (Fsp3) is 0.318. The number of piperidine rings is 1. The molecule has 2 aromatic carbocycles. The van der Waals surface area contributed by atoms with Gasteiger partial charge in [-0.05, 0) is 36.1 Å². The maximum absolute atomic E-state index is 14.1. The number of benzene rings is 2. The second kappa shape index (κ2) is 9.06. The van der Waals surface area contributed by atoms with Gasteiger partial charge in [0.2, 0.25) is 5.91 Å². The molecular formula is C22H23F3N2O. The van der Waals surface area contributed by atoms with Crippen LogP contribution in [-0.4, -0.2) is 30.4 Å². The van der Waals surface area contributed by atoms with Crippen LogP contribution in [0.5, 0.6) is 0 Å². The lowest BCUT2D eigenvalue weighted by Gasteiger charge is -2.37. The van der Waals surface area contributed by atoms with E-state index >= 15 is 0 Å². The fourth-order valence-electron chi connectivity index (χ4n) is 3.69. The number of halogens is 3. The van der Waals surface area contributed by atoms with Crippen molar-refractivity contribution in [2.24, 2.45) is 5.92 Å². The summed E-state index contributed by atoms with van der Waals surface area (Å²) in [6.45, 7) is 5.33. The fourth-order valence-corrected chi connectivity index (χ4v) is 3.69. The minimum Gasteiger partial charge on any atom is -0.352 e. The van der Waals surface area contributed by atoms with Gasteiger partial charge in [0.1, 0.15) is 17.5 Å². The Kier molecular flexibility index (Phi) is 6.52. The molecule has 1 aliphatic heterocycles. The average molecular weight is 388 g/mol. The van der Waals surface area contributed by atoms with E-state index in [2.05, 4.69) is 11.9 Å². The van der Waals surface area contributed by atoms with E-state index < -0.39 is 11.6 Å². The molecule has 1 fully saturated rings. The highest BCUT2D eigenvalue weighted by Crippen LogP contribution is 2.31. The largest absolute Gasteiger partial charge is 0.352 e. The third kappa shape index (κ3) is 5.01. The Morgan fingerprint density at radius 2 is 1.82 bits per heavy atom. The second-order valence-corrected chi connectivity index (χ2v) is 7.14. The van der Waals surface area contributed by atoms with Crippen LogP contribution in [0.1, 0.15) is 23.5 Å². The first-order valence-corrected chi connectivity index (χ1v) is 9.26. The van der Waals surface area contributed by atoms with Crippen molar-refractivity contribution in [2.75, 3.05) is 19.6 Å². The van der Waals surface area contributed by atoms with E-state index in [1.54, 1.807) is 18.2 Å². The predicted octanol–water partition coefficient (Wildman–Crippen LogP) is 4.01. The molecule has 148 valence electrons. The van der Waals surface area contributed by atoms with Gasteiger partial charge in [-0.1, -0.05) is 24.3 Å². The molecule has 0 radical (unpaired) electrons. The van der Waals surface area contributed by atoms with Gasteiger partial charge in [-0.2, -0.15) is 0 Å². The standard InChI is InChI=1S/C22H23F3N2O/c1-2-9-26-22(28)18-10-17(15-3-6-19(23)7-4-15)13-27(14-18)12-16-5-8-20(24)11-21(16)25/h2-8,11,17-18H,1,9-10,12-14H2,(H,26,28). The summed E-state index contributed by atoms with van der Waals surface area (Å²) in [7, 11) is 0. The predicted molar refractivity (Wildman–Crippen MR) is 102 cm³/mol. The first kappa shape index (κ1) is 20.1. The molecule has 1 heterocycles. The SMILES string of the molecule is C=CCNC(=O)C1CC(c2ccc(F)cc2)CN(Cc2ccc(F)cc2F)C1. The van der Waals surface area contributed by atoms with E-state index in [9.17, 15) is 18.0 Å².